The number of anilines is 1. The first-order valence-electron chi connectivity index (χ1n) is 10.5. The highest BCUT2D eigenvalue weighted by Gasteiger charge is 2.33. The molecule has 0 radical (unpaired) electrons. The van der Waals surface area contributed by atoms with Crippen molar-refractivity contribution in [1.82, 2.24) is 5.32 Å². The topological polar surface area (TPSA) is 64.1 Å². The van der Waals surface area contributed by atoms with Gasteiger partial charge in [0.2, 0.25) is 0 Å². The van der Waals surface area contributed by atoms with Gasteiger partial charge in [0.05, 0.1) is 6.61 Å². The number of benzene rings is 1. The van der Waals surface area contributed by atoms with Crippen LogP contribution in [0.3, 0.4) is 0 Å². The molecular formula is C22H38IN3O3. The largest absolute Gasteiger partial charge is 0.493 e. The Kier molecular flexibility index (Phi) is 13.3. The highest BCUT2D eigenvalue weighted by Crippen LogP contribution is 2.40. The van der Waals surface area contributed by atoms with Crippen LogP contribution in [0.15, 0.2) is 29.3 Å². The van der Waals surface area contributed by atoms with Crippen molar-refractivity contribution in [3.8, 4) is 5.75 Å². The third kappa shape index (κ3) is 9.53. The predicted molar refractivity (Wildman–Crippen MR) is 131 cm³/mol. The van der Waals surface area contributed by atoms with E-state index in [4.69, 9.17) is 14.2 Å². The van der Waals surface area contributed by atoms with Gasteiger partial charge in [0.25, 0.3) is 0 Å². The second-order valence-corrected chi connectivity index (χ2v) is 7.43. The van der Waals surface area contributed by atoms with E-state index in [-0.39, 0.29) is 24.0 Å². The molecule has 2 N–H and O–H groups in total. The van der Waals surface area contributed by atoms with E-state index in [1.54, 1.807) is 7.11 Å². The van der Waals surface area contributed by atoms with Crippen molar-refractivity contribution in [3.05, 3.63) is 24.3 Å². The van der Waals surface area contributed by atoms with E-state index in [2.05, 4.69) is 22.5 Å². The number of ether oxygens (including phenoxy) is 3. The number of rotatable bonds is 12. The van der Waals surface area contributed by atoms with E-state index in [1.165, 1.54) is 25.7 Å². The minimum absolute atomic E-state index is 0. The molecular weight excluding hydrogens is 481 g/mol. The Morgan fingerprint density at radius 3 is 2.66 bits per heavy atom. The van der Waals surface area contributed by atoms with Gasteiger partial charge in [-0.2, -0.15) is 0 Å². The van der Waals surface area contributed by atoms with Crippen molar-refractivity contribution >= 4 is 35.6 Å². The summed E-state index contributed by atoms with van der Waals surface area (Å²) in [6, 6.07) is 7.98. The van der Waals surface area contributed by atoms with Crippen molar-refractivity contribution < 1.29 is 14.2 Å². The van der Waals surface area contributed by atoms with Gasteiger partial charge in [-0.05, 0) is 43.7 Å². The van der Waals surface area contributed by atoms with Crippen LogP contribution < -0.4 is 15.4 Å². The summed E-state index contributed by atoms with van der Waals surface area (Å²) in [5, 5.41) is 6.92. The van der Waals surface area contributed by atoms with Gasteiger partial charge in [0.15, 0.2) is 5.96 Å². The average molecular weight is 519 g/mol. The highest BCUT2D eigenvalue weighted by molar-refractivity contribution is 14.0. The maximum absolute atomic E-state index is 5.78. The molecule has 0 aromatic heterocycles. The summed E-state index contributed by atoms with van der Waals surface area (Å²) in [4.78, 5) is 4.39. The van der Waals surface area contributed by atoms with E-state index in [0.717, 1.165) is 50.0 Å². The summed E-state index contributed by atoms with van der Waals surface area (Å²) < 4.78 is 16.5. The van der Waals surface area contributed by atoms with Gasteiger partial charge in [-0.3, -0.25) is 4.99 Å². The van der Waals surface area contributed by atoms with Crippen LogP contribution in [0.2, 0.25) is 0 Å². The lowest BCUT2D eigenvalue weighted by molar-refractivity contribution is 0.105. The lowest BCUT2D eigenvalue weighted by atomic mass is 9.83. The monoisotopic (exact) mass is 519 g/mol. The van der Waals surface area contributed by atoms with Crippen LogP contribution in [-0.4, -0.2) is 53.1 Å². The van der Waals surface area contributed by atoms with Crippen LogP contribution in [0.5, 0.6) is 5.75 Å². The van der Waals surface area contributed by atoms with E-state index in [0.29, 0.717) is 18.6 Å². The molecule has 1 saturated carbocycles. The molecule has 7 heteroatoms. The number of nitrogens with zero attached hydrogens (tertiary/aromatic N) is 1. The van der Waals surface area contributed by atoms with Crippen molar-refractivity contribution in [2.45, 2.75) is 45.4 Å². The molecule has 1 fully saturated rings. The first kappa shape index (κ1) is 26.0. The Morgan fingerprint density at radius 2 is 1.97 bits per heavy atom. The lowest BCUT2D eigenvalue weighted by Gasteiger charge is -2.30. The van der Waals surface area contributed by atoms with Crippen LogP contribution in [0.25, 0.3) is 0 Å². The number of hydrogen-bond acceptors (Lipinski definition) is 4. The molecule has 0 unspecified atom stereocenters. The molecule has 0 amide bonds. The number of guanidine groups is 1. The first-order chi connectivity index (χ1) is 13.7. The molecule has 0 atom stereocenters. The van der Waals surface area contributed by atoms with Crippen molar-refractivity contribution in [2.24, 2.45) is 10.4 Å². The third-order valence-corrected chi connectivity index (χ3v) is 5.36. The van der Waals surface area contributed by atoms with Crippen LogP contribution >= 0.6 is 24.0 Å². The number of methoxy groups -OCH3 is 1. The second kappa shape index (κ2) is 14.8. The maximum Gasteiger partial charge on any atom is 0.195 e. The lowest BCUT2D eigenvalue weighted by Crippen LogP contribution is -2.40. The van der Waals surface area contributed by atoms with Gasteiger partial charge >= 0.3 is 0 Å². The van der Waals surface area contributed by atoms with Crippen molar-refractivity contribution in [2.75, 3.05) is 52.4 Å². The predicted octanol–water partition coefficient (Wildman–Crippen LogP) is 4.69. The zero-order chi connectivity index (χ0) is 20.1. The molecule has 0 heterocycles. The van der Waals surface area contributed by atoms with Gasteiger partial charge in [-0.1, -0.05) is 18.9 Å². The molecule has 0 aliphatic heterocycles. The Balaban J connectivity index is 0.00000420. The van der Waals surface area contributed by atoms with Gasteiger partial charge in [0, 0.05) is 58.7 Å². The fourth-order valence-electron chi connectivity index (χ4n) is 3.72. The second-order valence-electron chi connectivity index (χ2n) is 7.43. The van der Waals surface area contributed by atoms with Crippen LogP contribution in [0.4, 0.5) is 5.69 Å². The number of nitrogens with one attached hydrogen (secondary N) is 2. The summed E-state index contributed by atoms with van der Waals surface area (Å²) >= 11 is 0. The minimum atomic E-state index is 0. The zero-order valence-corrected chi connectivity index (χ0v) is 20.5. The minimum Gasteiger partial charge on any atom is -0.493 e. The molecule has 166 valence electrons. The normalized spacial score (nSPS) is 15.6. The maximum atomic E-state index is 5.78. The summed E-state index contributed by atoms with van der Waals surface area (Å²) in [6.45, 7) is 5.96. The zero-order valence-electron chi connectivity index (χ0n) is 18.2. The van der Waals surface area contributed by atoms with E-state index < -0.39 is 0 Å². The van der Waals surface area contributed by atoms with E-state index in [1.807, 2.05) is 31.3 Å². The van der Waals surface area contributed by atoms with Gasteiger partial charge in [-0.25, -0.2) is 0 Å². The smallest absolute Gasteiger partial charge is 0.195 e. The molecule has 1 aromatic carbocycles. The quantitative estimate of drug-likeness (QED) is 0.182. The van der Waals surface area contributed by atoms with Crippen molar-refractivity contribution in [3.63, 3.8) is 0 Å². The van der Waals surface area contributed by atoms with E-state index >= 15 is 0 Å². The third-order valence-electron chi connectivity index (χ3n) is 5.36. The molecule has 0 bridgehead atoms. The summed E-state index contributed by atoms with van der Waals surface area (Å²) in [6.07, 6.45) is 7.12. The van der Waals surface area contributed by atoms with Gasteiger partial charge in [-0.15, -0.1) is 24.0 Å². The molecule has 1 aliphatic rings. The molecule has 6 nitrogen and oxygen atoms in total. The Labute approximate surface area is 193 Å². The van der Waals surface area contributed by atoms with Gasteiger partial charge < -0.3 is 24.8 Å². The average Bonchev–Trinajstić information content (AvgIpc) is 3.18. The van der Waals surface area contributed by atoms with E-state index in [9.17, 15) is 0 Å². The Bertz CT molecular complexity index is 592. The molecule has 1 aliphatic carbocycles. The molecule has 1 aromatic rings. The van der Waals surface area contributed by atoms with Crippen molar-refractivity contribution in [1.29, 1.82) is 0 Å². The molecule has 0 spiro atoms. The molecule has 29 heavy (non-hydrogen) atoms. The summed E-state index contributed by atoms with van der Waals surface area (Å²) in [5.74, 6) is 1.64. The summed E-state index contributed by atoms with van der Waals surface area (Å²) in [7, 11) is 3.51. The molecule has 2 rings (SSSR count). The molecule has 0 saturated heterocycles. The fraction of sp³-hybridized carbons (Fsp3) is 0.682. The van der Waals surface area contributed by atoms with Gasteiger partial charge in [0.1, 0.15) is 5.75 Å². The SMILES string of the molecule is CCOCCC1(CNC(=NC)Nc2cccc(OCCCOC)c2)CCCC1.I. The fourth-order valence-corrected chi connectivity index (χ4v) is 3.72. The summed E-state index contributed by atoms with van der Waals surface area (Å²) in [5.41, 5.74) is 1.28. The highest BCUT2D eigenvalue weighted by atomic mass is 127. The number of hydrogen-bond donors (Lipinski definition) is 2. The first-order valence-corrected chi connectivity index (χ1v) is 10.5. The van der Waals surface area contributed by atoms with Crippen LogP contribution in [-0.2, 0) is 9.47 Å². The van der Waals surface area contributed by atoms with Crippen LogP contribution in [0.1, 0.15) is 45.4 Å². The standard InChI is InChI=1S/C22H37N3O3.HI/c1-4-27-16-13-22(11-5-6-12-22)18-24-21(23-2)25-19-9-7-10-20(17-19)28-15-8-14-26-3;/h7,9-10,17H,4-6,8,11-16,18H2,1-3H3,(H2,23,24,25);1H. The Morgan fingerprint density at radius 1 is 1.17 bits per heavy atom. The number of aliphatic imine (C=N–C) groups is 1. The number of halogens is 1. The van der Waals surface area contributed by atoms with Crippen LogP contribution in [0, 0.1) is 5.41 Å². The Hall–Kier alpha value is -1.06.